The minimum absolute atomic E-state index is 0.00667. The van der Waals surface area contributed by atoms with E-state index >= 15 is 0 Å². The zero-order chi connectivity index (χ0) is 17.4. The number of aliphatic carboxylic acids is 1. The monoisotopic (exact) mass is 322 g/mol. The summed E-state index contributed by atoms with van der Waals surface area (Å²) in [6, 6.07) is 5.32. The van der Waals surface area contributed by atoms with Crippen molar-refractivity contribution in [2.24, 2.45) is 11.7 Å². The fourth-order valence-corrected chi connectivity index (χ4v) is 1.87. The Morgan fingerprint density at radius 1 is 1.35 bits per heavy atom. The number of hydrogen-bond donors (Lipinski definition) is 3. The number of ether oxygens (including phenoxy) is 1. The van der Waals surface area contributed by atoms with E-state index in [0.717, 1.165) is 16.8 Å². The Labute approximate surface area is 137 Å². The van der Waals surface area contributed by atoms with Crippen molar-refractivity contribution in [3.63, 3.8) is 0 Å². The molecule has 1 aromatic rings. The molecule has 0 amide bonds. The van der Waals surface area contributed by atoms with Gasteiger partial charge in [-0.15, -0.1) is 0 Å². The molecule has 128 valence electrons. The number of esters is 1. The number of carboxylic acids is 1. The van der Waals surface area contributed by atoms with Crippen LogP contribution < -0.4 is 11.1 Å². The maximum absolute atomic E-state index is 10.7. The molecular formula is C17H26N2O4. The van der Waals surface area contributed by atoms with Gasteiger partial charge in [-0.05, 0) is 50.7 Å². The van der Waals surface area contributed by atoms with Crippen LogP contribution in [0.5, 0.6) is 0 Å². The largest absolute Gasteiger partial charge is 0.480 e. The number of carbonyl (C=O) groups is 2. The summed E-state index contributed by atoms with van der Waals surface area (Å²) in [7, 11) is 0. The van der Waals surface area contributed by atoms with E-state index in [2.05, 4.69) is 5.32 Å². The lowest BCUT2D eigenvalue weighted by molar-refractivity contribution is -0.142. The predicted octanol–water partition coefficient (Wildman–Crippen LogP) is 2.09. The lowest BCUT2D eigenvalue weighted by atomic mass is 10.1. The van der Waals surface area contributed by atoms with E-state index in [1.165, 1.54) is 12.8 Å². The van der Waals surface area contributed by atoms with Gasteiger partial charge in [0.1, 0.15) is 6.04 Å². The quantitative estimate of drug-likeness (QED) is 0.693. The van der Waals surface area contributed by atoms with Crippen LogP contribution in [0.1, 0.15) is 30.9 Å². The van der Waals surface area contributed by atoms with Gasteiger partial charge in [0.05, 0.1) is 13.2 Å². The van der Waals surface area contributed by atoms with Gasteiger partial charge in [-0.1, -0.05) is 18.2 Å². The molecule has 0 unspecified atom stereocenters. The fraction of sp³-hybridized carbons (Fsp3) is 0.529. The highest BCUT2D eigenvalue weighted by molar-refractivity contribution is 5.77. The highest BCUT2D eigenvalue weighted by Crippen LogP contribution is 2.28. The average Bonchev–Trinajstić information content (AvgIpc) is 3.33. The number of carboxylic acid groups (broad SMARTS) is 1. The molecule has 1 aliphatic rings. The van der Waals surface area contributed by atoms with Crippen LogP contribution in [0.15, 0.2) is 18.2 Å². The molecule has 6 nitrogen and oxygen atoms in total. The maximum atomic E-state index is 10.7. The third-order valence-electron chi connectivity index (χ3n) is 3.56. The SMILES string of the molecule is Cc1cccc(C)c1N[C@@H](C)C(=O)O.NCC(=O)OCC1CC1. The zero-order valence-electron chi connectivity index (χ0n) is 14.0. The third kappa shape index (κ3) is 7.15. The van der Waals surface area contributed by atoms with Gasteiger partial charge in [0.25, 0.3) is 0 Å². The molecule has 1 atom stereocenters. The topological polar surface area (TPSA) is 102 Å². The Bertz CT molecular complexity index is 521. The van der Waals surface area contributed by atoms with Gasteiger partial charge in [-0.2, -0.15) is 0 Å². The number of anilines is 1. The summed E-state index contributed by atoms with van der Waals surface area (Å²) in [4.78, 5) is 21.1. The van der Waals surface area contributed by atoms with Gasteiger partial charge < -0.3 is 20.9 Å². The van der Waals surface area contributed by atoms with Gasteiger partial charge in [0, 0.05) is 5.69 Å². The van der Waals surface area contributed by atoms with Gasteiger partial charge in [-0.25, -0.2) is 0 Å². The first kappa shape index (κ1) is 19.0. The third-order valence-corrected chi connectivity index (χ3v) is 3.56. The highest BCUT2D eigenvalue weighted by Gasteiger charge is 2.22. The summed E-state index contributed by atoms with van der Waals surface area (Å²) in [5.41, 5.74) is 8.06. The summed E-state index contributed by atoms with van der Waals surface area (Å²) < 4.78 is 4.75. The maximum Gasteiger partial charge on any atom is 0.325 e. The summed E-state index contributed by atoms with van der Waals surface area (Å²) in [5, 5.41) is 11.7. The Morgan fingerprint density at radius 3 is 2.35 bits per heavy atom. The van der Waals surface area contributed by atoms with E-state index in [0.29, 0.717) is 12.5 Å². The van der Waals surface area contributed by atoms with Gasteiger partial charge in [0.15, 0.2) is 0 Å². The van der Waals surface area contributed by atoms with Crippen molar-refractivity contribution in [2.45, 2.75) is 39.7 Å². The van der Waals surface area contributed by atoms with Crippen LogP contribution in [0.2, 0.25) is 0 Å². The number of para-hydroxylation sites is 1. The zero-order valence-corrected chi connectivity index (χ0v) is 14.0. The van der Waals surface area contributed by atoms with Crippen LogP contribution >= 0.6 is 0 Å². The summed E-state index contributed by atoms with van der Waals surface area (Å²) in [5.74, 6) is -0.491. The molecular weight excluding hydrogens is 296 g/mol. The van der Waals surface area contributed by atoms with Crippen LogP contribution in [-0.4, -0.2) is 36.2 Å². The van der Waals surface area contributed by atoms with Crippen molar-refractivity contribution >= 4 is 17.6 Å². The van der Waals surface area contributed by atoms with E-state index in [1.54, 1.807) is 6.92 Å². The lowest BCUT2D eigenvalue weighted by Gasteiger charge is -2.15. The van der Waals surface area contributed by atoms with Crippen LogP contribution in [0, 0.1) is 19.8 Å². The minimum atomic E-state index is -0.840. The Morgan fingerprint density at radius 2 is 1.91 bits per heavy atom. The number of benzene rings is 1. The first-order chi connectivity index (χ1) is 10.8. The van der Waals surface area contributed by atoms with Crippen molar-refractivity contribution in [1.29, 1.82) is 0 Å². The molecule has 0 bridgehead atoms. The van der Waals surface area contributed by atoms with Crippen molar-refractivity contribution < 1.29 is 19.4 Å². The van der Waals surface area contributed by atoms with E-state index in [4.69, 9.17) is 15.6 Å². The molecule has 0 heterocycles. The van der Waals surface area contributed by atoms with Crippen molar-refractivity contribution in [3.8, 4) is 0 Å². The molecule has 6 heteroatoms. The molecule has 1 fully saturated rings. The minimum Gasteiger partial charge on any atom is -0.480 e. The van der Waals surface area contributed by atoms with Gasteiger partial charge in [-0.3, -0.25) is 9.59 Å². The number of nitrogens with two attached hydrogens (primary N) is 1. The summed E-state index contributed by atoms with van der Waals surface area (Å²) in [6.07, 6.45) is 2.41. The van der Waals surface area contributed by atoms with Crippen LogP contribution in [0.25, 0.3) is 0 Å². The van der Waals surface area contributed by atoms with Gasteiger partial charge >= 0.3 is 11.9 Å². The molecule has 0 aromatic heterocycles. The molecule has 1 saturated carbocycles. The standard InChI is InChI=1S/C11H15NO2.C6H11NO2/c1-7-5-4-6-8(2)10(7)12-9(3)11(13)14;7-3-6(8)9-4-5-1-2-5/h4-6,9,12H,1-3H3,(H,13,14);5H,1-4,7H2/t9-;/m0./s1. The number of nitrogens with one attached hydrogen (secondary N) is 1. The normalized spacial score (nSPS) is 14.3. The second-order valence-electron chi connectivity index (χ2n) is 5.80. The van der Waals surface area contributed by atoms with E-state index in [1.807, 2.05) is 32.0 Å². The molecule has 1 aromatic carbocycles. The number of rotatable bonds is 6. The Balaban J connectivity index is 0.000000253. The van der Waals surface area contributed by atoms with Crippen molar-refractivity contribution in [1.82, 2.24) is 0 Å². The second kappa shape index (κ2) is 9.15. The lowest BCUT2D eigenvalue weighted by Crippen LogP contribution is -2.26. The summed E-state index contributed by atoms with van der Waals surface area (Å²) in [6.45, 7) is 6.14. The first-order valence-electron chi connectivity index (χ1n) is 7.76. The Kier molecular flexibility index (Phi) is 7.54. The first-order valence-corrected chi connectivity index (χ1v) is 7.76. The van der Waals surface area contributed by atoms with Crippen LogP contribution in [-0.2, 0) is 14.3 Å². The predicted molar refractivity (Wildman–Crippen MR) is 89.4 cm³/mol. The number of carbonyl (C=O) groups excluding carboxylic acids is 1. The molecule has 0 saturated heterocycles. The molecule has 4 N–H and O–H groups in total. The van der Waals surface area contributed by atoms with E-state index < -0.39 is 12.0 Å². The van der Waals surface area contributed by atoms with E-state index in [9.17, 15) is 9.59 Å². The molecule has 0 aliphatic heterocycles. The van der Waals surface area contributed by atoms with Crippen molar-refractivity contribution in [2.75, 3.05) is 18.5 Å². The Hall–Kier alpha value is -2.08. The second-order valence-corrected chi connectivity index (χ2v) is 5.80. The van der Waals surface area contributed by atoms with Crippen LogP contribution in [0.3, 0.4) is 0 Å². The van der Waals surface area contributed by atoms with E-state index in [-0.39, 0.29) is 12.5 Å². The fourth-order valence-electron chi connectivity index (χ4n) is 1.87. The van der Waals surface area contributed by atoms with Gasteiger partial charge in [0.2, 0.25) is 0 Å². The highest BCUT2D eigenvalue weighted by atomic mass is 16.5. The van der Waals surface area contributed by atoms with Crippen LogP contribution in [0.4, 0.5) is 5.69 Å². The molecule has 1 aliphatic carbocycles. The average molecular weight is 322 g/mol. The smallest absolute Gasteiger partial charge is 0.325 e. The molecule has 0 spiro atoms. The molecule has 23 heavy (non-hydrogen) atoms. The number of aryl methyl sites for hydroxylation is 2. The summed E-state index contributed by atoms with van der Waals surface area (Å²) >= 11 is 0. The van der Waals surface area contributed by atoms with Crippen molar-refractivity contribution in [3.05, 3.63) is 29.3 Å². The molecule has 2 rings (SSSR count). The molecule has 0 radical (unpaired) electrons. The number of hydrogen-bond acceptors (Lipinski definition) is 5.